The van der Waals surface area contributed by atoms with Crippen LogP contribution in [0, 0.1) is 5.92 Å². The van der Waals surface area contributed by atoms with E-state index in [1.807, 2.05) is 13.8 Å². The predicted octanol–water partition coefficient (Wildman–Crippen LogP) is 2.40. The third-order valence-corrected chi connectivity index (χ3v) is 4.69. The van der Waals surface area contributed by atoms with Crippen molar-refractivity contribution in [2.75, 3.05) is 7.11 Å². The zero-order chi connectivity index (χ0) is 23.0. The first-order valence-corrected chi connectivity index (χ1v) is 10.0. The number of aliphatic carboxylic acids is 1. The van der Waals surface area contributed by atoms with Crippen LogP contribution in [0.4, 0.5) is 0 Å². The van der Waals surface area contributed by atoms with Crippen molar-refractivity contribution in [3.05, 3.63) is 70.4 Å². The number of carbonyl (C=O) groups is 3. The van der Waals surface area contributed by atoms with Gasteiger partial charge in [-0.15, -0.1) is 0 Å². The predicted molar refractivity (Wildman–Crippen MR) is 116 cm³/mol. The summed E-state index contributed by atoms with van der Waals surface area (Å²) in [4.78, 5) is 37.0. The average Bonchev–Trinajstić information content (AvgIpc) is 2.73. The van der Waals surface area contributed by atoms with Crippen molar-refractivity contribution < 1.29 is 24.2 Å². The number of carboxylic acids is 1. The lowest BCUT2D eigenvalue weighted by molar-refractivity contribution is -0.308. The molecule has 0 bridgehead atoms. The minimum absolute atomic E-state index is 0.00749. The number of carboxylic acid groups (broad SMARTS) is 1. The largest absolute Gasteiger partial charge is 0.548 e. The molecule has 0 saturated carbocycles. The van der Waals surface area contributed by atoms with Crippen LogP contribution in [0.1, 0.15) is 36.2 Å². The Hall–Kier alpha value is -3.32. The Labute approximate surface area is 186 Å². The van der Waals surface area contributed by atoms with Crippen molar-refractivity contribution in [3.63, 3.8) is 0 Å². The van der Waals surface area contributed by atoms with Gasteiger partial charge >= 0.3 is 0 Å². The van der Waals surface area contributed by atoms with E-state index in [1.165, 1.54) is 13.2 Å². The fourth-order valence-electron chi connectivity index (χ4n) is 2.76. The number of ether oxygens (including phenoxy) is 1. The summed E-state index contributed by atoms with van der Waals surface area (Å²) in [5.41, 5.74) is 0.624. The normalized spacial score (nSPS) is 12.2. The van der Waals surface area contributed by atoms with Crippen LogP contribution in [0.15, 0.2) is 54.2 Å². The van der Waals surface area contributed by atoms with Crippen LogP contribution in [-0.2, 0) is 9.59 Å². The first-order valence-electron chi connectivity index (χ1n) is 9.64. The fourth-order valence-corrected chi connectivity index (χ4v) is 2.95. The molecule has 2 aromatic carbocycles. The van der Waals surface area contributed by atoms with Crippen LogP contribution in [-0.4, -0.2) is 30.9 Å². The van der Waals surface area contributed by atoms with Gasteiger partial charge in [-0.2, -0.15) is 0 Å². The van der Waals surface area contributed by atoms with Crippen molar-refractivity contribution in [3.8, 4) is 5.75 Å². The second kappa shape index (κ2) is 11.2. The minimum Gasteiger partial charge on any atom is -0.548 e. The maximum Gasteiger partial charge on any atom is 0.268 e. The molecule has 0 heterocycles. The van der Waals surface area contributed by atoms with Crippen molar-refractivity contribution in [1.29, 1.82) is 0 Å². The standard InChI is InChI=1S/C23H25ClN2O5/c1-14(2)12-20(23(29)30)26-22(28)19(13-16-6-4-5-7-18(16)24)25-21(27)15-8-10-17(31-3)11-9-15/h4-11,13-14,20H,12H2,1-3H3,(H,25,27)(H,26,28)(H,29,30)/p-1/b19-13-/t20-/m1/s1. The second-order valence-corrected chi connectivity index (χ2v) is 7.64. The molecular weight excluding hydrogens is 420 g/mol. The van der Waals surface area contributed by atoms with Gasteiger partial charge in [-0.1, -0.05) is 43.6 Å². The molecule has 0 aromatic heterocycles. The van der Waals surface area contributed by atoms with Gasteiger partial charge < -0.3 is 25.3 Å². The molecule has 2 N–H and O–H groups in total. The molecule has 2 rings (SSSR count). The van der Waals surface area contributed by atoms with Gasteiger partial charge in [0.25, 0.3) is 11.8 Å². The zero-order valence-corrected chi connectivity index (χ0v) is 18.2. The molecule has 0 radical (unpaired) electrons. The van der Waals surface area contributed by atoms with E-state index in [0.717, 1.165) is 0 Å². The van der Waals surface area contributed by atoms with E-state index in [-0.39, 0.29) is 23.6 Å². The lowest BCUT2D eigenvalue weighted by Gasteiger charge is -2.22. The van der Waals surface area contributed by atoms with Crippen LogP contribution in [0.3, 0.4) is 0 Å². The maximum atomic E-state index is 12.9. The second-order valence-electron chi connectivity index (χ2n) is 7.24. The number of hydrogen-bond acceptors (Lipinski definition) is 5. The monoisotopic (exact) mass is 443 g/mol. The third kappa shape index (κ3) is 7.15. The van der Waals surface area contributed by atoms with Crippen molar-refractivity contribution in [2.24, 2.45) is 5.92 Å². The number of benzene rings is 2. The number of nitrogens with one attached hydrogen (secondary N) is 2. The van der Waals surface area contributed by atoms with Gasteiger partial charge in [-0.05, 0) is 54.3 Å². The molecule has 0 spiro atoms. The molecule has 0 aliphatic carbocycles. The van der Waals surface area contributed by atoms with E-state index in [9.17, 15) is 19.5 Å². The van der Waals surface area contributed by atoms with Crippen molar-refractivity contribution in [1.82, 2.24) is 10.6 Å². The SMILES string of the molecule is COc1ccc(C(=O)N/C(=C\c2ccccc2Cl)C(=O)N[C@H](CC(C)C)C(=O)[O-])cc1. The molecule has 1 atom stereocenters. The molecule has 2 amide bonds. The Balaban J connectivity index is 2.33. The summed E-state index contributed by atoms with van der Waals surface area (Å²) in [5, 5.41) is 16.8. The first-order chi connectivity index (χ1) is 14.7. The van der Waals surface area contributed by atoms with E-state index in [2.05, 4.69) is 10.6 Å². The molecule has 31 heavy (non-hydrogen) atoms. The Morgan fingerprint density at radius 1 is 1.10 bits per heavy atom. The zero-order valence-electron chi connectivity index (χ0n) is 17.5. The van der Waals surface area contributed by atoms with Gasteiger partial charge in [0.1, 0.15) is 11.4 Å². The van der Waals surface area contributed by atoms with Gasteiger partial charge in [-0.25, -0.2) is 0 Å². The van der Waals surface area contributed by atoms with Crippen molar-refractivity contribution in [2.45, 2.75) is 26.3 Å². The van der Waals surface area contributed by atoms with Gasteiger partial charge in [0.2, 0.25) is 0 Å². The van der Waals surface area contributed by atoms with Gasteiger partial charge in [0, 0.05) is 10.6 Å². The number of rotatable bonds is 9. The summed E-state index contributed by atoms with van der Waals surface area (Å²) >= 11 is 6.18. The number of halogens is 1. The highest BCUT2D eigenvalue weighted by molar-refractivity contribution is 6.32. The van der Waals surface area contributed by atoms with E-state index in [4.69, 9.17) is 16.3 Å². The molecular formula is C23H24ClN2O5-. The Bertz CT molecular complexity index is 970. The summed E-state index contributed by atoms with van der Waals surface area (Å²) < 4.78 is 5.07. The highest BCUT2D eigenvalue weighted by Gasteiger charge is 2.20. The van der Waals surface area contributed by atoms with E-state index in [1.54, 1.807) is 48.5 Å². The highest BCUT2D eigenvalue weighted by atomic mass is 35.5. The lowest BCUT2D eigenvalue weighted by atomic mass is 10.0. The van der Waals surface area contributed by atoms with Crippen LogP contribution in [0.25, 0.3) is 6.08 Å². The topological polar surface area (TPSA) is 108 Å². The van der Waals surface area contributed by atoms with Crippen molar-refractivity contribution >= 4 is 35.5 Å². The first kappa shape index (κ1) is 24.0. The van der Waals surface area contributed by atoms with Gasteiger partial charge in [-0.3, -0.25) is 9.59 Å². The lowest BCUT2D eigenvalue weighted by Crippen LogP contribution is -2.50. The van der Waals surface area contributed by atoms with Gasteiger partial charge in [0.05, 0.1) is 19.1 Å². The summed E-state index contributed by atoms with van der Waals surface area (Å²) in [7, 11) is 1.51. The van der Waals surface area contributed by atoms with E-state index >= 15 is 0 Å². The molecule has 0 saturated heterocycles. The molecule has 2 aromatic rings. The quantitative estimate of drug-likeness (QED) is 0.578. The van der Waals surface area contributed by atoms with E-state index in [0.29, 0.717) is 16.3 Å². The third-order valence-electron chi connectivity index (χ3n) is 4.35. The number of carbonyl (C=O) groups excluding carboxylic acids is 3. The van der Waals surface area contributed by atoms with Gasteiger partial charge in [0.15, 0.2) is 0 Å². The summed E-state index contributed by atoms with van der Waals surface area (Å²) in [5.74, 6) is -2.14. The summed E-state index contributed by atoms with van der Waals surface area (Å²) in [6.45, 7) is 3.65. The Morgan fingerprint density at radius 2 is 1.74 bits per heavy atom. The summed E-state index contributed by atoms with van der Waals surface area (Å²) in [6.07, 6.45) is 1.57. The molecule has 164 valence electrons. The number of hydrogen-bond donors (Lipinski definition) is 2. The smallest absolute Gasteiger partial charge is 0.268 e. The number of amides is 2. The Kier molecular flexibility index (Phi) is 8.63. The molecule has 0 aliphatic rings. The molecule has 0 unspecified atom stereocenters. The van der Waals surface area contributed by atoms with Crippen LogP contribution < -0.4 is 20.5 Å². The fraction of sp³-hybridized carbons (Fsp3) is 0.261. The molecule has 7 nitrogen and oxygen atoms in total. The molecule has 8 heteroatoms. The average molecular weight is 444 g/mol. The van der Waals surface area contributed by atoms with E-state index < -0.39 is 23.8 Å². The Morgan fingerprint density at radius 3 is 2.29 bits per heavy atom. The van der Waals surface area contributed by atoms with Crippen LogP contribution >= 0.6 is 11.6 Å². The molecule has 0 fully saturated rings. The van der Waals surface area contributed by atoms with Crippen LogP contribution in [0.5, 0.6) is 5.75 Å². The van der Waals surface area contributed by atoms with Crippen LogP contribution in [0.2, 0.25) is 5.02 Å². The maximum absolute atomic E-state index is 12.9. The minimum atomic E-state index is -1.40. The summed E-state index contributed by atoms with van der Waals surface area (Å²) in [6, 6.07) is 11.9. The number of methoxy groups -OCH3 is 1. The highest BCUT2D eigenvalue weighted by Crippen LogP contribution is 2.18. The molecule has 0 aliphatic heterocycles.